The minimum Gasteiger partial charge on any atom is -0.294 e. The third-order valence-electron chi connectivity index (χ3n) is 4.55. The van der Waals surface area contributed by atoms with E-state index < -0.39 is 0 Å². The topological polar surface area (TPSA) is 87.7 Å². The number of aromatic nitrogens is 5. The predicted molar refractivity (Wildman–Crippen MR) is 96.8 cm³/mol. The summed E-state index contributed by atoms with van der Waals surface area (Å²) in [5.74, 6) is 0.708. The van der Waals surface area contributed by atoms with Crippen LogP contribution in [0.5, 0.6) is 0 Å². The van der Waals surface area contributed by atoms with Gasteiger partial charge in [0.2, 0.25) is 11.6 Å². The van der Waals surface area contributed by atoms with Gasteiger partial charge in [-0.2, -0.15) is 15.3 Å². The van der Waals surface area contributed by atoms with Gasteiger partial charge in [0.05, 0.1) is 6.20 Å². The molecule has 7 nitrogen and oxygen atoms in total. The number of ketones is 1. The monoisotopic (exact) mass is 342 g/mol. The molecule has 1 aliphatic carbocycles. The van der Waals surface area contributed by atoms with E-state index in [0.717, 1.165) is 28.9 Å². The van der Waals surface area contributed by atoms with Crippen LogP contribution in [0, 0.1) is 0 Å². The van der Waals surface area contributed by atoms with Gasteiger partial charge in [-0.15, -0.1) is 5.10 Å². The van der Waals surface area contributed by atoms with Crippen LogP contribution in [0.15, 0.2) is 54.7 Å². The number of nitrogens with zero attached hydrogens (tertiary/aromatic N) is 5. The van der Waals surface area contributed by atoms with Crippen molar-refractivity contribution in [1.82, 2.24) is 25.4 Å². The molecule has 126 valence electrons. The Labute approximate surface area is 148 Å². The van der Waals surface area contributed by atoms with E-state index in [1.165, 1.54) is 0 Å². The number of anilines is 3. The van der Waals surface area contributed by atoms with Gasteiger partial charge in [-0.1, -0.05) is 18.2 Å². The number of rotatable bonds is 3. The molecule has 1 N–H and O–H groups in total. The molecule has 0 radical (unpaired) electrons. The van der Waals surface area contributed by atoms with Crippen LogP contribution in [0.1, 0.15) is 22.3 Å². The maximum atomic E-state index is 11.9. The van der Waals surface area contributed by atoms with Gasteiger partial charge in [0, 0.05) is 23.4 Å². The molecule has 0 atom stereocenters. The molecule has 0 saturated carbocycles. The van der Waals surface area contributed by atoms with Crippen LogP contribution in [-0.2, 0) is 6.42 Å². The number of nitrogens with one attached hydrogen (secondary N) is 1. The second kappa shape index (κ2) is 5.73. The highest BCUT2D eigenvalue weighted by molar-refractivity contribution is 6.01. The molecule has 2 heterocycles. The molecule has 0 aliphatic heterocycles. The summed E-state index contributed by atoms with van der Waals surface area (Å²) in [6.07, 6.45) is 2.99. The molecule has 0 amide bonds. The molecule has 4 aromatic rings. The lowest BCUT2D eigenvalue weighted by atomic mass is 10.1. The first-order valence-electron chi connectivity index (χ1n) is 8.34. The summed E-state index contributed by atoms with van der Waals surface area (Å²) >= 11 is 0. The second-order valence-electron chi connectivity index (χ2n) is 6.14. The number of H-pyrrole nitrogens is 1. The lowest BCUT2D eigenvalue weighted by molar-refractivity contribution is 0.0994. The minimum absolute atomic E-state index is 0.207. The fourth-order valence-corrected chi connectivity index (χ4v) is 3.29. The maximum absolute atomic E-state index is 11.9. The molecule has 0 spiro atoms. The largest absolute Gasteiger partial charge is 0.294 e. The molecule has 2 aromatic carbocycles. The average molecular weight is 342 g/mol. The van der Waals surface area contributed by atoms with E-state index in [1.54, 1.807) is 6.20 Å². The Morgan fingerprint density at radius 2 is 1.85 bits per heavy atom. The van der Waals surface area contributed by atoms with Crippen molar-refractivity contribution in [2.45, 2.75) is 12.8 Å². The number of benzene rings is 2. The van der Waals surface area contributed by atoms with Crippen molar-refractivity contribution in [3.8, 4) is 0 Å². The quantitative estimate of drug-likeness (QED) is 0.614. The smallest absolute Gasteiger partial charge is 0.236 e. The second-order valence-corrected chi connectivity index (χ2v) is 6.14. The van der Waals surface area contributed by atoms with Crippen LogP contribution >= 0.6 is 0 Å². The molecule has 26 heavy (non-hydrogen) atoms. The standard InChI is InChI=1S/C19H14N6O/c26-17-9-6-12-10-14(7-8-15(12)17)25(13-4-2-1-3-5-13)19-20-11-16-18(21-19)23-24-22-16/h1-5,7-8,10-11H,6,9H2,(H,20,21,22,23,24). The highest BCUT2D eigenvalue weighted by atomic mass is 16.1. The van der Waals surface area contributed by atoms with E-state index in [2.05, 4.69) is 25.4 Å². The molecular weight excluding hydrogens is 328 g/mol. The first-order chi connectivity index (χ1) is 12.8. The molecule has 7 heteroatoms. The number of Topliss-reactive ketones (excluding diaryl/α,β-unsaturated/α-hetero) is 1. The molecule has 0 bridgehead atoms. The van der Waals surface area contributed by atoms with Crippen LogP contribution in [0.25, 0.3) is 11.2 Å². The van der Waals surface area contributed by atoms with Gasteiger partial charge in [0.15, 0.2) is 5.78 Å². The number of carbonyl (C=O) groups excluding carboxylic acids is 1. The van der Waals surface area contributed by atoms with Crippen molar-refractivity contribution in [3.63, 3.8) is 0 Å². The molecule has 0 fully saturated rings. The number of fused-ring (bicyclic) bond motifs is 2. The summed E-state index contributed by atoms with van der Waals surface area (Å²) in [7, 11) is 0. The zero-order valence-corrected chi connectivity index (χ0v) is 13.8. The summed E-state index contributed by atoms with van der Waals surface area (Å²) in [6.45, 7) is 0. The number of carbonyl (C=O) groups is 1. The number of aromatic amines is 1. The fraction of sp³-hybridized carbons (Fsp3) is 0.105. The van der Waals surface area contributed by atoms with E-state index in [9.17, 15) is 4.79 Å². The highest BCUT2D eigenvalue weighted by Crippen LogP contribution is 2.35. The maximum Gasteiger partial charge on any atom is 0.236 e. The normalized spacial score (nSPS) is 13.2. The Bertz CT molecular complexity index is 1120. The van der Waals surface area contributed by atoms with Gasteiger partial charge in [-0.25, -0.2) is 4.98 Å². The number of aryl methyl sites for hydroxylation is 1. The van der Waals surface area contributed by atoms with E-state index >= 15 is 0 Å². The summed E-state index contributed by atoms with van der Waals surface area (Å²) in [5, 5.41) is 10.6. The van der Waals surface area contributed by atoms with E-state index in [1.807, 2.05) is 53.4 Å². The van der Waals surface area contributed by atoms with Crippen molar-refractivity contribution in [3.05, 3.63) is 65.9 Å². The average Bonchev–Trinajstić information content (AvgIpc) is 3.29. The first-order valence-corrected chi connectivity index (χ1v) is 8.34. The van der Waals surface area contributed by atoms with Crippen molar-refractivity contribution < 1.29 is 4.79 Å². The molecule has 1 aliphatic rings. The molecule has 5 rings (SSSR count). The molecular formula is C19H14N6O. The summed E-state index contributed by atoms with van der Waals surface area (Å²) in [6, 6.07) is 15.8. The van der Waals surface area contributed by atoms with Gasteiger partial charge in [-0.05, 0) is 42.3 Å². The summed E-state index contributed by atoms with van der Waals surface area (Å²) < 4.78 is 0. The van der Waals surface area contributed by atoms with Crippen LogP contribution in [0.2, 0.25) is 0 Å². The van der Waals surface area contributed by atoms with Gasteiger partial charge in [-0.3, -0.25) is 9.69 Å². The summed E-state index contributed by atoms with van der Waals surface area (Å²) in [5.41, 5.74) is 4.84. The van der Waals surface area contributed by atoms with Gasteiger partial charge < -0.3 is 0 Å². The number of hydrogen-bond donors (Lipinski definition) is 1. The minimum atomic E-state index is 0.207. The van der Waals surface area contributed by atoms with Crippen molar-refractivity contribution in [2.75, 3.05) is 4.90 Å². The first kappa shape index (κ1) is 14.7. The van der Waals surface area contributed by atoms with Crippen LogP contribution < -0.4 is 4.90 Å². The predicted octanol–water partition coefficient (Wildman–Crippen LogP) is 3.35. The third kappa shape index (κ3) is 2.33. The Kier molecular flexibility index (Phi) is 3.24. The zero-order chi connectivity index (χ0) is 17.5. The van der Waals surface area contributed by atoms with E-state index in [4.69, 9.17) is 0 Å². The van der Waals surface area contributed by atoms with E-state index in [0.29, 0.717) is 23.5 Å². The third-order valence-corrected chi connectivity index (χ3v) is 4.55. The Hall–Kier alpha value is -3.61. The lowest BCUT2D eigenvalue weighted by Gasteiger charge is -2.23. The Morgan fingerprint density at radius 1 is 0.962 bits per heavy atom. The fourth-order valence-electron chi connectivity index (χ4n) is 3.29. The summed E-state index contributed by atoms with van der Waals surface area (Å²) in [4.78, 5) is 22.9. The number of para-hydroxylation sites is 1. The van der Waals surface area contributed by atoms with Crippen molar-refractivity contribution >= 4 is 34.3 Å². The highest BCUT2D eigenvalue weighted by Gasteiger charge is 2.22. The lowest BCUT2D eigenvalue weighted by Crippen LogP contribution is -2.13. The van der Waals surface area contributed by atoms with Crippen molar-refractivity contribution in [1.29, 1.82) is 0 Å². The molecule has 0 saturated heterocycles. The van der Waals surface area contributed by atoms with Gasteiger partial charge in [0.1, 0.15) is 5.52 Å². The molecule has 0 unspecified atom stereocenters. The van der Waals surface area contributed by atoms with Crippen LogP contribution in [0.3, 0.4) is 0 Å². The van der Waals surface area contributed by atoms with Gasteiger partial charge in [0.25, 0.3) is 0 Å². The number of hydrogen-bond acceptors (Lipinski definition) is 6. The SMILES string of the molecule is O=C1CCc2cc(N(c3ccccc3)c3ncc4n[nH]nc4n3)ccc21. The Balaban J connectivity index is 1.68. The van der Waals surface area contributed by atoms with E-state index in [-0.39, 0.29) is 5.78 Å². The van der Waals surface area contributed by atoms with Crippen LogP contribution in [0.4, 0.5) is 17.3 Å². The zero-order valence-electron chi connectivity index (χ0n) is 13.8. The molecule has 2 aromatic heterocycles. The van der Waals surface area contributed by atoms with Crippen molar-refractivity contribution in [2.24, 2.45) is 0 Å². The Morgan fingerprint density at radius 3 is 2.73 bits per heavy atom. The van der Waals surface area contributed by atoms with Gasteiger partial charge >= 0.3 is 0 Å². The van der Waals surface area contributed by atoms with Crippen LogP contribution in [-0.4, -0.2) is 31.2 Å².